The first kappa shape index (κ1) is 9.48. The van der Waals surface area contributed by atoms with Crippen molar-refractivity contribution in [3.8, 4) is 5.75 Å². The average molecular weight is 234 g/mol. The molecular formula is C8H9BrFNO. The Bertz CT molecular complexity index is 262. The molecule has 1 aromatic rings. The van der Waals surface area contributed by atoms with E-state index in [9.17, 15) is 4.39 Å². The Morgan fingerprint density at radius 2 is 2.25 bits per heavy atom. The summed E-state index contributed by atoms with van der Waals surface area (Å²) in [6, 6.07) is 3.29. The number of ether oxygens (including phenoxy) is 1. The molecule has 0 fully saturated rings. The lowest BCUT2D eigenvalue weighted by molar-refractivity contribution is 0.385. The van der Waals surface area contributed by atoms with Gasteiger partial charge in [0.1, 0.15) is 0 Å². The van der Waals surface area contributed by atoms with Crippen molar-refractivity contribution >= 4 is 15.9 Å². The summed E-state index contributed by atoms with van der Waals surface area (Å²) in [6.45, 7) is 0.307. The predicted molar refractivity (Wildman–Crippen MR) is 48.5 cm³/mol. The van der Waals surface area contributed by atoms with E-state index in [1.165, 1.54) is 7.11 Å². The van der Waals surface area contributed by atoms with E-state index >= 15 is 0 Å². The van der Waals surface area contributed by atoms with Crippen LogP contribution in [0.3, 0.4) is 0 Å². The molecule has 1 aromatic carbocycles. The standard InChI is InChI=1S/C8H9BrFNO/c1-12-6-3-2-5(4-11)7(9)8(6)10/h2-3H,4,11H2,1H3. The van der Waals surface area contributed by atoms with Crippen molar-refractivity contribution in [2.45, 2.75) is 6.54 Å². The van der Waals surface area contributed by atoms with Gasteiger partial charge in [0.25, 0.3) is 0 Å². The second-order valence-corrected chi connectivity index (χ2v) is 3.05. The Labute approximate surface area is 78.6 Å². The van der Waals surface area contributed by atoms with Crippen molar-refractivity contribution in [2.24, 2.45) is 5.73 Å². The molecule has 66 valence electrons. The second kappa shape index (κ2) is 3.87. The van der Waals surface area contributed by atoms with Crippen LogP contribution in [-0.2, 0) is 6.54 Å². The molecule has 0 bridgehead atoms. The Balaban J connectivity index is 3.20. The van der Waals surface area contributed by atoms with Gasteiger partial charge in [-0.05, 0) is 27.6 Å². The summed E-state index contributed by atoms with van der Waals surface area (Å²) in [5, 5.41) is 0. The Morgan fingerprint density at radius 1 is 1.58 bits per heavy atom. The average Bonchev–Trinajstić information content (AvgIpc) is 2.10. The van der Waals surface area contributed by atoms with Gasteiger partial charge in [0.15, 0.2) is 11.6 Å². The van der Waals surface area contributed by atoms with E-state index in [0.29, 0.717) is 11.0 Å². The summed E-state index contributed by atoms with van der Waals surface area (Å²) < 4.78 is 18.4. The van der Waals surface area contributed by atoms with Crippen molar-refractivity contribution in [3.63, 3.8) is 0 Å². The summed E-state index contributed by atoms with van der Waals surface area (Å²) in [4.78, 5) is 0. The molecule has 0 atom stereocenters. The van der Waals surface area contributed by atoms with Crippen molar-refractivity contribution in [1.29, 1.82) is 0 Å². The maximum atomic E-state index is 13.2. The third kappa shape index (κ3) is 1.59. The minimum absolute atomic E-state index is 0.221. The maximum Gasteiger partial charge on any atom is 0.179 e. The van der Waals surface area contributed by atoms with Gasteiger partial charge in [-0.1, -0.05) is 6.07 Å². The molecule has 0 amide bonds. The van der Waals surface area contributed by atoms with Gasteiger partial charge in [0, 0.05) is 6.54 Å². The molecule has 0 aromatic heterocycles. The molecule has 4 heteroatoms. The van der Waals surface area contributed by atoms with E-state index in [1.54, 1.807) is 12.1 Å². The van der Waals surface area contributed by atoms with E-state index in [-0.39, 0.29) is 5.75 Å². The second-order valence-electron chi connectivity index (χ2n) is 2.26. The van der Waals surface area contributed by atoms with E-state index in [2.05, 4.69) is 15.9 Å². The summed E-state index contributed by atoms with van der Waals surface area (Å²) >= 11 is 3.10. The van der Waals surface area contributed by atoms with Crippen molar-refractivity contribution < 1.29 is 9.13 Å². The fourth-order valence-electron chi connectivity index (χ4n) is 0.887. The van der Waals surface area contributed by atoms with Crippen molar-refractivity contribution in [1.82, 2.24) is 0 Å². The van der Waals surface area contributed by atoms with Gasteiger partial charge in [-0.2, -0.15) is 0 Å². The third-order valence-corrected chi connectivity index (χ3v) is 2.42. The summed E-state index contributed by atoms with van der Waals surface area (Å²) in [5.41, 5.74) is 6.10. The van der Waals surface area contributed by atoms with Crippen LogP contribution < -0.4 is 10.5 Å². The quantitative estimate of drug-likeness (QED) is 0.849. The van der Waals surface area contributed by atoms with Crippen LogP contribution in [0.15, 0.2) is 16.6 Å². The third-order valence-electron chi connectivity index (χ3n) is 1.57. The Hall–Kier alpha value is -0.610. The highest BCUT2D eigenvalue weighted by Crippen LogP contribution is 2.27. The van der Waals surface area contributed by atoms with E-state index in [0.717, 1.165) is 5.56 Å². The highest BCUT2D eigenvalue weighted by atomic mass is 79.9. The topological polar surface area (TPSA) is 35.2 Å². The smallest absolute Gasteiger partial charge is 0.179 e. The number of benzene rings is 1. The van der Waals surface area contributed by atoms with Gasteiger partial charge in [-0.15, -0.1) is 0 Å². The van der Waals surface area contributed by atoms with Gasteiger partial charge >= 0.3 is 0 Å². The molecule has 1 rings (SSSR count). The zero-order valence-corrected chi connectivity index (χ0v) is 8.19. The molecule has 0 unspecified atom stereocenters. The van der Waals surface area contributed by atoms with Crippen LogP contribution in [0.1, 0.15) is 5.56 Å². The predicted octanol–water partition coefficient (Wildman–Crippen LogP) is 2.06. The summed E-state index contributed by atoms with van der Waals surface area (Å²) in [5.74, 6) is -0.181. The Morgan fingerprint density at radius 3 is 2.75 bits per heavy atom. The van der Waals surface area contributed by atoms with Crippen LogP contribution in [-0.4, -0.2) is 7.11 Å². The van der Waals surface area contributed by atoms with E-state index in [4.69, 9.17) is 10.5 Å². The molecular weight excluding hydrogens is 225 g/mol. The molecule has 0 saturated heterocycles. The van der Waals surface area contributed by atoms with Crippen LogP contribution in [0.4, 0.5) is 4.39 Å². The lowest BCUT2D eigenvalue weighted by Gasteiger charge is -2.06. The largest absolute Gasteiger partial charge is 0.494 e. The highest BCUT2D eigenvalue weighted by Gasteiger charge is 2.09. The molecule has 2 nitrogen and oxygen atoms in total. The molecule has 0 radical (unpaired) electrons. The van der Waals surface area contributed by atoms with E-state index in [1.807, 2.05) is 0 Å². The van der Waals surface area contributed by atoms with Gasteiger partial charge in [-0.25, -0.2) is 4.39 Å². The zero-order chi connectivity index (χ0) is 9.14. The number of hydrogen-bond acceptors (Lipinski definition) is 2. The molecule has 12 heavy (non-hydrogen) atoms. The highest BCUT2D eigenvalue weighted by molar-refractivity contribution is 9.10. The molecule has 2 N–H and O–H groups in total. The van der Waals surface area contributed by atoms with Gasteiger partial charge in [-0.3, -0.25) is 0 Å². The minimum Gasteiger partial charge on any atom is -0.494 e. The SMILES string of the molecule is COc1ccc(CN)c(Br)c1F. The van der Waals surface area contributed by atoms with Crippen LogP contribution in [0.25, 0.3) is 0 Å². The molecule has 0 aliphatic rings. The molecule has 0 heterocycles. The van der Waals surface area contributed by atoms with Crippen molar-refractivity contribution in [2.75, 3.05) is 7.11 Å². The fourth-order valence-corrected chi connectivity index (χ4v) is 1.38. The first-order valence-corrected chi connectivity index (χ1v) is 4.21. The normalized spacial score (nSPS) is 10.0. The van der Waals surface area contributed by atoms with Gasteiger partial charge < -0.3 is 10.5 Å². The molecule has 0 aliphatic carbocycles. The number of hydrogen-bond donors (Lipinski definition) is 1. The summed E-state index contributed by atoms with van der Waals surface area (Å²) in [7, 11) is 1.42. The number of halogens is 2. The van der Waals surface area contributed by atoms with Gasteiger partial charge in [0.2, 0.25) is 0 Å². The fraction of sp³-hybridized carbons (Fsp3) is 0.250. The molecule has 0 aliphatic heterocycles. The molecule has 0 saturated carbocycles. The first-order chi connectivity index (χ1) is 5.70. The van der Waals surface area contributed by atoms with Crippen LogP contribution in [0, 0.1) is 5.82 Å². The van der Waals surface area contributed by atoms with E-state index < -0.39 is 5.82 Å². The lowest BCUT2D eigenvalue weighted by atomic mass is 10.2. The Kier molecular flexibility index (Phi) is 3.05. The number of methoxy groups -OCH3 is 1. The van der Waals surface area contributed by atoms with Crippen LogP contribution >= 0.6 is 15.9 Å². The van der Waals surface area contributed by atoms with Crippen molar-refractivity contribution in [3.05, 3.63) is 28.0 Å². The zero-order valence-electron chi connectivity index (χ0n) is 6.60. The molecule has 0 spiro atoms. The van der Waals surface area contributed by atoms with Crippen LogP contribution in [0.5, 0.6) is 5.75 Å². The minimum atomic E-state index is -0.402. The maximum absolute atomic E-state index is 13.2. The first-order valence-electron chi connectivity index (χ1n) is 3.41. The number of nitrogens with two attached hydrogens (primary N) is 1. The monoisotopic (exact) mass is 233 g/mol. The number of rotatable bonds is 2. The summed E-state index contributed by atoms with van der Waals surface area (Å²) in [6.07, 6.45) is 0. The van der Waals surface area contributed by atoms with Gasteiger partial charge in [0.05, 0.1) is 11.6 Å². The van der Waals surface area contributed by atoms with Crippen LogP contribution in [0.2, 0.25) is 0 Å². The lowest BCUT2D eigenvalue weighted by Crippen LogP contribution is -2.00.